The fraction of sp³-hybridized carbons (Fsp3) is 0.714. The fourth-order valence-corrected chi connectivity index (χ4v) is 2.19. The average Bonchev–Trinajstić information content (AvgIpc) is 2.77. The summed E-state index contributed by atoms with van der Waals surface area (Å²) in [4.78, 5) is 21.8. The highest BCUT2D eigenvalue weighted by molar-refractivity contribution is 5.66. The van der Waals surface area contributed by atoms with Crippen LogP contribution in [-0.2, 0) is 28.5 Å². The molecule has 114 valence electrons. The molecule has 0 radical (unpaired) electrons. The molecule has 0 aromatic carbocycles. The third-order valence-electron chi connectivity index (χ3n) is 3.17. The van der Waals surface area contributed by atoms with Gasteiger partial charge >= 0.3 is 11.9 Å². The lowest BCUT2D eigenvalue weighted by Gasteiger charge is -2.24. The second-order valence-corrected chi connectivity index (χ2v) is 4.76. The number of hydrogen-bond donors (Lipinski definition) is 0. The first-order valence-corrected chi connectivity index (χ1v) is 6.56. The molecule has 0 heterocycles. The van der Waals surface area contributed by atoms with Crippen molar-refractivity contribution in [1.29, 1.82) is 0 Å². The zero-order valence-electron chi connectivity index (χ0n) is 12.2. The molecule has 0 aromatic rings. The molecule has 6 heteroatoms. The van der Waals surface area contributed by atoms with Crippen molar-refractivity contribution in [3.63, 3.8) is 0 Å². The summed E-state index contributed by atoms with van der Waals surface area (Å²) < 4.78 is 20.4. The summed E-state index contributed by atoms with van der Waals surface area (Å²) in [5.74, 6) is -0.381. The van der Waals surface area contributed by atoms with Crippen LogP contribution >= 0.6 is 0 Å². The van der Waals surface area contributed by atoms with Crippen molar-refractivity contribution in [3.05, 3.63) is 12.2 Å². The zero-order chi connectivity index (χ0) is 15.0. The Bertz CT molecular complexity index is 324. The molecule has 0 amide bonds. The van der Waals surface area contributed by atoms with Crippen LogP contribution in [0.25, 0.3) is 0 Å². The van der Waals surface area contributed by atoms with Crippen LogP contribution in [0.4, 0.5) is 0 Å². The standard InChI is InChI=1S/C14H22O6/c1-10(15)19-6-12-4-5-13(7-20-11(2)16)14(12)8-18-9-17-3/h4-5,12-14H,6-9H2,1-3H3/t12-,13+,14?. The largest absolute Gasteiger partial charge is 0.465 e. The van der Waals surface area contributed by atoms with Crippen LogP contribution in [0.5, 0.6) is 0 Å². The van der Waals surface area contributed by atoms with Gasteiger partial charge in [-0.05, 0) is 0 Å². The van der Waals surface area contributed by atoms with Crippen LogP contribution in [0, 0.1) is 17.8 Å². The first kappa shape index (κ1) is 16.7. The maximum atomic E-state index is 10.9. The minimum Gasteiger partial charge on any atom is -0.465 e. The van der Waals surface area contributed by atoms with Gasteiger partial charge in [0.15, 0.2) is 0 Å². The van der Waals surface area contributed by atoms with Gasteiger partial charge in [0.1, 0.15) is 6.79 Å². The van der Waals surface area contributed by atoms with Crippen LogP contribution in [0.15, 0.2) is 12.2 Å². The number of ether oxygens (including phenoxy) is 4. The summed E-state index contributed by atoms with van der Waals surface area (Å²) in [5, 5.41) is 0. The summed E-state index contributed by atoms with van der Waals surface area (Å²) in [6.45, 7) is 4.04. The summed E-state index contributed by atoms with van der Waals surface area (Å²) >= 11 is 0. The van der Waals surface area contributed by atoms with Crippen LogP contribution < -0.4 is 0 Å². The Labute approximate surface area is 119 Å². The molecular formula is C14H22O6. The number of carbonyl (C=O) groups is 2. The van der Waals surface area contributed by atoms with E-state index >= 15 is 0 Å². The van der Waals surface area contributed by atoms with E-state index in [0.717, 1.165) is 0 Å². The SMILES string of the molecule is COCOCC1[C@@H](COC(C)=O)C=C[C@H]1COC(C)=O. The zero-order valence-corrected chi connectivity index (χ0v) is 12.2. The molecular weight excluding hydrogens is 264 g/mol. The van der Waals surface area contributed by atoms with Crippen LogP contribution in [-0.4, -0.2) is 45.7 Å². The lowest BCUT2D eigenvalue weighted by atomic mass is 9.89. The van der Waals surface area contributed by atoms with E-state index in [2.05, 4.69) is 0 Å². The van der Waals surface area contributed by atoms with Crippen molar-refractivity contribution < 1.29 is 28.5 Å². The molecule has 0 aliphatic heterocycles. The van der Waals surface area contributed by atoms with Gasteiger partial charge in [0.2, 0.25) is 0 Å². The number of esters is 2. The van der Waals surface area contributed by atoms with E-state index < -0.39 is 0 Å². The van der Waals surface area contributed by atoms with Crippen molar-refractivity contribution in [1.82, 2.24) is 0 Å². The maximum absolute atomic E-state index is 10.9. The lowest BCUT2D eigenvalue weighted by molar-refractivity contribution is -0.143. The Morgan fingerprint density at radius 2 is 1.45 bits per heavy atom. The Balaban J connectivity index is 2.53. The third-order valence-corrected chi connectivity index (χ3v) is 3.17. The van der Waals surface area contributed by atoms with Crippen LogP contribution in [0.1, 0.15) is 13.8 Å². The first-order valence-electron chi connectivity index (χ1n) is 6.56. The summed E-state index contributed by atoms with van der Waals surface area (Å²) in [6.07, 6.45) is 3.97. The van der Waals surface area contributed by atoms with Crippen molar-refractivity contribution >= 4 is 11.9 Å². The van der Waals surface area contributed by atoms with Gasteiger partial charge in [0.05, 0.1) is 19.8 Å². The molecule has 0 saturated heterocycles. The number of rotatable bonds is 8. The number of methoxy groups -OCH3 is 1. The molecule has 0 bridgehead atoms. The second kappa shape index (κ2) is 8.71. The van der Waals surface area contributed by atoms with E-state index in [1.54, 1.807) is 7.11 Å². The minimum absolute atomic E-state index is 0.0660. The van der Waals surface area contributed by atoms with Gasteiger partial charge in [-0.25, -0.2) is 0 Å². The topological polar surface area (TPSA) is 71.1 Å². The predicted octanol–water partition coefficient (Wildman–Crippen LogP) is 1.15. The van der Waals surface area contributed by atoms with Crippen molar-refractivity contribution in [2.75, 3.05) is 33.7 Å². The predicted molar refractivity (Wildman–Crippen MR) is 70.7 cm³/mol. The summed E-state index contributed by atoms with van der Waals surface area (Å²) in [6, 6.07) is 0. The van der Waals surface area contributed by atoms with E-state index in [4.69, 9.17) is 18.9 Å². The smallest absolute Gasteiger partial charge is 0.302 e. The van der Waals surface area contributed by atoms with Gasteiger partial charge in [-0.2, -0.15) is 0 Å². The third kappa shape index (κ3) is 5.71. The monoisotopic (exact) mass is 286 g/mol. The van der Waals surface area contributed by atoms with Crippen molar-refractivity contribution in [3.8, 4) is 0 Å². The molecule has 1 unspecified atom stereocenters. The van der Waals surface area contributed by atoms with Gasteiger partial charge in [0.25, 0.3) is 0 Å². The van der Waals surface area contributed by atoms with E-state index in [9.17, 15) is 9.59 Å². The molecule has 0 fully saturated rings. The summed E-state index contributed by atoms with van der Waals surface area (Å²) in [7, 11) is 1.56. The minimum atomic E-state index is -0.307. The molecule has 1 rings (SSSR count). The highest BCUT2D eigenvalue weighted by Gasteiger charge is 2.33. The highest BCUT2D eigenvalue weighted by Crippen LogP contribution is 2.32. The molecule has 0 aromatic heterocycles. The quantitative estimate of drug-likeness (QED) is 0.288. The van der Waals surface area contributed by atoms with E-state index in [1.807, 2.05) is 12.2 Å². The molecule has 6 nitrogen and oxygen atoms in total. The lowest BCUT2D eigenvalue weighted by Crippen LogP contribution is -2.28. The first-order chi connectivity index (χ1) is 9.54. The molecule has 0 N–H and O–H groups in total. The van der Waals surface area contributed by atoms with E-state index in [0.29, 0.717) is 19.8 Å². The second-order valence-electron chi connectivity index (χ2n) is 4.76. The Morgan fingerprint density at radius 1 is 0.950 bits per heavy atom. The van der Waals surface area contributed by atoms with Gasteiger partial charge in [0, 0.05) is 38.7 Å². The maximum Gasteiger partial charge on any atom is 0.302 e. The van der Waals surface area contributed by atoms with Crippen molar-refractivity contribution in [2.24, 2.45) is 17.8 Å². The highest BCUT2D eigenvalue weighted by atomic mass is 16.7. The van der Waals surface area contributed by atoms with Crippen LogP contribution in [0.3, 0.4) is 0 Å². The summed E-state index contributed by atoms with van der Waals surface area (Å²) in [5.41, 5.74) is 0. The van der Waals surface area contributed by atoms with Gasteiger partial charge in [-0.3, -0.25) is 9.59 Å². The number of carbonyl (C=O) groups excluding carboxylic acids is 2. The Hall–Kier alpha value is -1.40. The molecule has 20 heavy (non-hydrogen) atoms. The fourth-order valence-electron chi connectivity index (χ4n) is 2.19. The molecule has 3 atom stereocenters. The molecule has 0 saturated carbocycles. The average molecular weight is 286 g/mol. The molecule has 1 aliphatic carbocycles. The van der Waals surface area contributed by atoms with E-state index in [-0.39, 0.29) is 36.5 Å². The number of hydrogen-bond acceptors (Lipinski definition) is 6. The Morgan fingerprint density at radius 3 is 1.85 bits per heavy atom. The van der Waals surface area contributed by atoms with E-state index in [1.165, 1.54) is 13.8 Å². The van der Waals surface area contributed by atoms with Gasteiger partial charge in [-0.1, -0.05) is 12.2 Å². The Kier molecular flexibility index (Phi) is 7.25. The van der Waals surface area contributed by atoms with Gasteiger partial charge < -0.3 is 18.9 Å². The molecule has 1 aliphatic rings. The van der Waals surface area contributed by atoms with Crippen LogP contribution in [0.2, 0.25) is 0 Å². The van der Waals surface area contributed by atoms with Gasteiger partial charge in [-0.15, -0.1) is 0 Å². The van der Waals surface area contributed by atoms with Crippen molar-refractivity contribution in [2.45, 2.75) is 13.8 Å². The normalized spacial score (nSPS) is 24.6. The molecule has 0 spiro atoms.